The highest BCUT2D eigenvalue weighted by atomic mass is 79.9. The van der Waals surface area contributed by atoms with Gasteiger partial charge in [0.05, 0.1) is 10.6 Å². The number of rotatable bonds is 3. The summed E-state index contributed by atoms with van der Waals surface area (Å²) in [7, 11) is 0. The molecule has 1 aromatic heterocycles. The summed E-state index contributed by atoms with van der Waals surface area (Å²) in [5.41, 5.74) is 0. The Balaban J connectivity index is 1.77. The third-order valence-electron chi connectivity index (χ3n) is 2.99. The molecule has 0 aromatic carbocycles. The van der Waals surface area contributed by atoms with Gasteiger partial charge in [0.1, 0.15) is 0 Å². The number of halogens is 1. The number of anilines is 1. The van der Waals surface area contributed by atoms with Crippen LogP contribution < -0.4 is 5.32 Å². The fraction of sp³-hybridized carbons (Fsp3) is 0.636. The van der Waals surface area contributed by atoms with E-state index in [1.807, 2.05) is 0 Å². The van der Waals surface area contributed by atoms with Crippen LogP contribution >= 0.6 is 15.9 Å². The Morgan fingerprint density at radius 1 is 1.25 bits per heavy atom. The summed E-state index contributed by atoms with van der Waals surface area (Å²) in [4.78, 5) is 8.32. The first kappa shape index (κ1) is 11.8. The largest absolute Gasteiger partial charge is 0.393 e. The summed E-state index contributed by atoms with van der Waals surface area (Å²) in [5, 5.41) is 12.6. The van der Waals surface area contributed by atoms with E-state index in [4.69, 9.17) is 0 Å². The predicted octanol–water partition coefficient (Wildman–Crippen LogP) is 2.20. The van der Waals surface area contributed by atoms with Crippen LogP contribution in [0.1, 0.15) is 25.7 Å². The molecule has 0 spiro atoms. The molecular formula is C11H16BrN3O. The van der Waals surface area contributed by atoms with Crippen LogP contribution in [0.2, 0.25) is 0 Å². The lowest BCUT2D eigenvalue weighted by Gasteiger charge is -2.25. The van der Waals surface area contributed by atoms with Crippen LogP contribution in [0.5, 0.6) is 0 Å². The highest BCUT2D eigenvalue weighted by molar-refractivity contribution is 9.10. The minimum atomic E-state index is -0.0832. The van der Waals surface area contributed by atoms with Gasteiger partial charge in [0.2, 0.25) is 5.95 Å². The second-order valence-electron chi connectivity index (χ2n) is 4.28. The molecule has 0 bridgehead atoms. The molecule has 1 aliphatic carbocycles. The summed E-state index contributed by atoms with van der Waals surface area (Å²) in [5.74, 6) is 1.31. The minimum absolute atomic E-state index is 0.0832. The molecule has 0 radical (unpaired) electrons. The first-order valence-corrected chi connectivity index (χ1v) is 6.43. The second kappa shape index (κ2) is 5.59. The third-order valence-corrected chi connectivity index (χ3v) is 3.39. The molecule has 0 amide bonds. The Labute approximate surface area is 104 Å². The van der Waals surface area contributed by atoms with E-state index < -0.39 is 0 Å². The zero-order valence-electron chi connectivity index (χ0n) is 9.06. The topological polar surface area (TPSA) is 58.0 Å². The van der Waals surface area contributed by atoms with E-state index in [9.17, 15) is 5.11 Å². The molecule has 2 rings (SSSR count). The molecule has 1 fully saturated rings. The number of hydrogen-bond acceptors (Lipinski definition) is 4. The van der Waals surface area contributed by atoms with Crippen molar-refractivity contribution in [2.75, 3.05) is 11.9 Å². The number of aliphatic hydroxyl groups is 1. The Morgan fingerprint density at radius 2 is 1.88 bits per heavy atom. The van der Waals surface area contributed by atoms with Gasteiger partial charge in [0.25, 0.3) is 0 Å². The molecule has 88 valence electrons. The maximum Gasteiger partial charge on any atom is 0.222 e. The number of nitrogens with one attached hydrogen (secondary N) is 1. The smallest absolute Gasteiger partial charge is 0.222 e. The van der Waals surface area contributed by atoms with E-state index in [1.165, 1.54) is 0 Å². The van der Waals surface area contributed by atoms with Gasteiger partial charge in [0, 0.05) is 18.9 Å². The van der Waals surface area contributed by atoms with Crippen LogP contribution in [0.25, 0.3) is 0 Å². The predicted molar refractivity (Wildman–Crippen MR) is 66.2 cm³/mol. The van der Waals surface area contributed by atoms with Crippen LogP contribution in [-0.4, -0.2) is 27.7 Å². The van der Waals surface area contributed by atoms with Crippen molar-refractivity contribution < 1.29 is 5.11 Å². The first-order valence-electron chi connectivity index (χ1n) is 5.63. The SMILES string of the molecule is OC1CCC(CNc2ncc(Br)cn2)CC1. The molecule has 4 nitrogen and oxygen atoms in total. The van der Waals surface area contributed by atoms with Crippen LogP contribution in [-0.2, 0) is 0 Å². The molecule has 1 heterocycles. The van der Waals surface area contributed by atoms with E-state index in [1.54, 1.807) is 12.4 Å². The molecule has 5 heteroatoms. The molecule has 2 N–H and O–H groups in total. The summed E-state index contributed by atoms with van der Waals surface area (Å²) in [6.45, 7) is 0.897. The number of hydrogen-bond donors (Lipinski definition) is 2. The fourth-order valence-electron chi connectivity index (χ4n) is 1.99. The van der Waals surface area contributed by atoms with Crippen molar-refractivity contribution >= 4 is 21.9 Å². The van der Waals surface area contributed by atoms with Gasteiger partial charge in [-0.05, 0) is 47.5 Å². The average molecular weight is 286 g/mol. The number of aliphatic hydroxyl groups excluding tert-OH is 1. The molecule has 0 atom stereocenters. The van der Waals surface area contributed by atoms with Crippen molar-refractivity contribution in [2.45, 2.75) is 31.8 Å². The van der Waals surface area contributed by atoms with Crippen molar-refractivity contribution in [3.8, 4) is 0 Å². The highest BCUT2D eigenvalue weighted by Crippen LogP contribution is 2.24. The monoisotopic (exact) mass is 285 g/mol. The Morgan fingerprint density at radius 3 is 2.50 bits per heavy atom. The Hall–Kier alpha value is -0.680. The summed E-state index contributed by atoms with van der Waals surface area (Å²) in [6, 6.07) is 0. The maximum atomic E-state index is 9.39. The molecule has 0 aliphatic heterocycles. The van der Waals surface area contributed by atoms with Crippen LogP contribution in [0.3, 0.4) is 0 Å². The zero-order chi connectivity index (χ0) is 11.4. The van der Waals surface area contributed by atoms with Gasteiger partial charge in [-0.2, -0.15) is 0 Å². The van der Waals surface area contributed by atoms with Gasteiger partial charge in [-0.15, -0.1) is 0 Å². The van der Waals surface area contributed by atoms with Gasteiger partial charge in [-0.25, -0.2) is 9.97 Å². The Bertz CT molecular complexity index is 323. The molecular weight excluding hydrogens is 270 g/mol. The second-order valence-corrected chi connectivity index (χ2v) is 5.20. The maximum absolute atomic E-state index is 9.39. The quantitative estimate of drug-likeness (QED) is 0.894. The van der Waals surface area contributed by atoms with Crippen LogP contribution in [0.4, 0.5) is 5.95 Å². The van der Waals surface area contributed by atoms with Gasteiger partial charge in [-0.1, -0.05) is 0 Å². The molecule has 0 saturated heterocycles. The lowest BCUT2D eigenvalue weighted by molar-refractivity contribution is 0.111. The standard InChI is InChI=1S/C11H16BrN3O/c12-9-6-14-11(15-7-9)13-5-8-1-3-10(16)4-2-8/h6-8,10,16H,1-5H2,(H,13,14,15). The van der Waals surface area contributed by atoms with Crippen molar-refractivity contribution in [2.24, 2.45) is 5.92 Å². The van der Waals surface area contributed by atoms with Gasteiger partial charge >= 0.3 is 0 Å². The summed E-state index contributed by atoms with van der Waals surface area (Å²) >= 11 is 3.30. The number of aromatic nitrogens is 2. The van der Waals surface area contributed by atoms with E-state index in [2.05, 4.69) is 31.2 Å². The first-order chi connectivity index (χ1) is 7.74. The summed E-state index contributed by atoms with van der Waals surface area (Å²) in [6.07, 6.45) is 7.41. The van der Waals surface area contributed by atoms with E-state index >= 15 is 0 Å². The normalized spacial score (nSPS) is 25.4. The minimum Gasteiger partial charge on any atom is -0.393 e. The van der Waals surface area contributed by atoms with E-state index in [0.29, 0.717) is 11.9 Å². The summed E-state index contributed by atoms with van der Waals surface area (Å²) < 4.78 is 0.888. The van der Waals surface area contributed by atoms with Gasteiger partial charge in [-0.3, -0.25) is 0 Å². The van der Waals surface area contributed by atoms with Crippen LogP contribution in [0.15, 0.2) is 16.9 Å². The van der Waals surface area contributed by atoms with Crippen molar-refractivity contribution in [1.29, 1.82) is 0 Å². The van der Waals surface area contributed by atoms with Crippen molar-refractivity contribution in [1.82, 2.24) is 9.97 Å². The average Bonchev–Trinajstić information content (AvgIpc) is 2.30. The van der Waals surface area contributed by atoms with E-state index in [-0.39, 0.29) is 6.10 Å². The lowest BCUT2D eigenvalue weighted by atomic mass is 9.87. The lowest BCUT2D eigenvalue weighted by Crippen LogP contribution is -2.24. The van der Waals surface area contributed by atoms with Crippen LogP contribution in [0, 0.1) is 5.92 Å². The molecule has 1 saturated carbocycles. The molecule has 1 aliphatic rings. The fourth-order valence-corrected chi connectivity index (χ4v) is 2.19. The van der Waals surface area contributed by atoms with Crippen molar-refractivity contribution in [3.05, 3.63) is 16.9 Å². The van der Waals surface area contributed by atoms with Gasteiger partial charge < -0.3 is 10.4 Å². The van der Waals surface area contributed by atoms with E-state index in [0.717, 1.165) is 36.7 Å². The Kier molecular flexibility index (Phi) is 4.12. The molecule has 16 heavy (non-hydrogen) atoms. The zero-order valence-corrected chi connectivity index (χ0v) is 10.7. The molecule has 1 aromatic rings. The number of nitrogens with zero attached hydrogens (tertiary/aromatic N) is 2. The highest BCUT2D eigenvalue weighted by Gasteiger charge is 2.19. The van der Waals surface area contributed by atoms with Gasteiger partial charge in [0.15, 0.2) is 0 Å². The van der Waals surface area contributed by atoms with Crippen molar-refractivity contribution in [3.63, 3.8) is 0 Å². The third kappa shape index (κ3) is 3.42. The molecule has 0 unspecified atom stereocenters.